The molecule has 18 heavy (non-hydrogen) atoms. The molecule has 1 aromatic rings. The zero-order valence-corrected chi connectivity index (χ0v) is 10.3. The zero-order valence-electron chi connectivity index (χ0n) is 10.3. The van der Waals surface area contributed by atoms with Crippen molar-refractivity contribution in [1.29, 1.82) is 0 Å². The number of anilines is 1. The van der Waals surface area contributed by atoms with Crippen molar-refractivity contribution in [2.75, 3.05) is 25.9 Å². The fraction of sp³-hybridized carbons (Fsp3) is 0.333. The minimum atomic E-state index is -0.479. The molecule has 0 saturated carbocycles. The number of rotatable bonds is 4. The number of hydrogen-bond acceptors (Lipinski definition) is 5. The van der Waals surface area contributed by atoms with E-state index >= 15 is 0 Å². The molecule has 0 heterocycles. The molecule has 0 aliphatic heterocycles. The van der Waals surface area contributed by atoms with Gasteiger partial charge in [0.15, 0.2) is 0 Å². The molecule has 0 aliphatic rings. The van der Waals surface area contributed by atoms with Crippen molar-refractivity contribution >= 4 is 17.6 Å². The SMILES string of the molecule is CCOC(=O)CN(C)C(=O)c1ccc(N)c(O)c1. The largest absolute Gasteiger partial charge is 0.506 e. The van der Waals surface area contributed by atoms with Crippen LogP contribution < -0.4 is 5.73 Å². The highest BCUT2D eigenvalue weighted by molar-refractivity contribution is 5.96. The Morgan fingerprint density at radius 2 is 2.11 bits per heavy atom. The Morgan fingerprint density at radius 3 is 2.67 bits per heavy atom. The number of nitrogens with two attached hydrogens (primary N) is 1. The number of esters is 1. The topological polar surface area (TPSA) is 92.9 Å². The fourth-order valence-corrected chi connectivity index (χ4v) is 1.37. The molecule has 1 rings (SSSR count). The van der Waals surface area contributed by atoms with Crippen molar-refractivity contribution in [2.24, 2.45) is 0 Å². The van der Waals surface area contributed by atoms with Gasteiger partial charge in [0.2, 0.25) is 0 Å². The molecule has 0 saturated heterocycles. The van der Waals surface area contributed by atoms with Crippen LogP contribution in [0.4, 0.5) is 5.69 Å². The van der Waals surface area contributed by atoms with Crippen LogP contribution in [0.15, 0.2) is 18.2 Å². The highest BCUT2D eigenvalue weighted by Crippen LogP contribution is 2.21. The van der Waals surface area contributed by atoms with E-state index in [0.29, 0.717) is 0 Å². The third-order valence-electron chi connectivity index (χ3n) is 2.30. The molecule has 0 fully saturated rings. The van der Waals surface area contributed by atoms with E-state index in [1.165, 1.54) is 30.1 Å². The first-order chi connectivity index (χ1) is 8.45. The molecule has 6 heteroatoms. The van der Waals surface area contributed by atoms with Crippen LogP contribution in [0, 0.1) is 0 Å². The zero-order chi connectivity index (χ0) is 13.7. The molecule has 1 aromatic carbocycles. The number of benzene rings is 1. The van der Waals surface area contributed by atoms with E-state index in [0.717, 1.165) is 0 Å². The van der Waals surface area contributed by atoms with Gasteiger partial charge in [0.1, 0.15) is 12.3 Å². The van der Waals surface area contributed by atoms with Crippen LogP contribution >= 0.6 is 0 Å². The monoisotopic (exact) mass is 252 g/mol. The predicted octanol–water partition coefficient (Wildman–Crippen LogP) is 0.609. The van der Waals surface area contributed by atoms with Gasteiger partial charge >= 0.3 is 5.97 Å². The summed E-state index contributed by atoms with van der Waals surface area (Å²) >= 11 is 0. The van der Waals surface area contributed by atoms with Crippen LogP contribution in [-0.4, -0.2) is 42.1 Å². The lowest BCUT2D eigenvalue weighted by Gasteiger charge is -2.16. The molecule has 0 aliphatic carbocycles. The van der Waals surface area contributed by atoms with Crippen molar-refractivity contribution in [2.45, 2.75) is 6.92 Å². The van der Waals surface area contributed by atoms with Crippen molar-refractivity contribution in [3.8, 4) is 5.75 Å². The van der Waals surface area contributed by atoms with E-state index < -0.39 is 11.9 Å². The van der Waals surface area contributed by atoms with E-state index in [4.69, 9.17) is 10.5 Å². The lowest BCUT2D eigenvalue weighted by atomic mass is 10.1. The molecule has 98 valence electrons. The predicted molar refractivity (Wildman–Crippen MR) is 66.1 cm³/mol. The maximum atomic E-state index is 11.9. The average molecular weight is 252 g/mol. The molecule has 0 bridgehead atoms. The number of hydrogen-bond donors (Lipinski definition) is 2. The summed E-state index contributed by atoms with van der Waals surface area (Å²) in [6.07, 6.45) is 0. The molecule has 3 N–H and O–H groups in total. The molecular weight excluding hydrogens is 236 g/mol. The second-order valence-electron chi connectivity index (χ2n) is 3.74. The van der Waals surface area contributed by atoms with Gasteiger partial charge in [-0.3, -0.25) is 9.59 Å². The molecule has 0 spiro atoms. The lowest BCUT2D eigenvalue weighted by molar-refractivity contribution is -0.143. The van der Waals surface area contributed by atoms with E-state index in [-0.39, 0.29) is 30.2 Å². The highest BCUT2D eigenvalue weighted by Gasteiger charge is 2.16. The number of ether oxygens (including phenoxy) is 1. The average Bonchev–Trinajstić information content (AvgIpc) is 2.32. The Hall–Kier alpha value is -2.24. The van der Waals surface area contributed by atoms with Gasteiger partial charge in [0.25, 0.3) is 5.91 Å². The summed E-state index contributed by atoms with van der Waals surface area (Å²) in [5.74, 6) is -1.03. The van der Waals surface area contributed by atoms with Gasteiger partial charge in [-0.1, -0.05) is 0 Å². The van der Waals surface area contributed by atoms with Crippen LogP contribution in [0.5, 0.6) is 5.75 Å². The van der Waals surface area contributed by atoms with Crippen LogP contribution in [0.2, 0.25) is 0 Å². The summed E-state index contributed by atoms with van der Waals surface area (Å²) < 4.78 is 4.74. The summed E-state index contributed by atoms with van der Waals surface area (Å²) in [7, 11) is 1.48. The first-order valence-electron chi connectivity index (χ1n) is 5.45. The summed E-state index contributed by atoms with van der Waals surface area (Å²) in [6, 6.07) is 4.18. The Labute approximate surface area is 105 Å². The number of nitrogens with zero attached hydrogens (tertiary/aromatic N) is 1. The van der Waals surface area contributed by atoms with Gasteiger partial charge in [-0.25, -0.2) is 0 Å². The van der Waals surface area contributed by atoms with Crippen LogP contribution in [0.3, 0.4) is 0 Å². The summed E-state index contributed by atoms with van der Waals surface area (Å²) in [5, 5.41) is 9.41. The lowest BCUT2D eigenvalue weighted by Crippen LogP contribution is -2.33. The Bertz CT molecular complexity index is 459. The second-order valence-corrected chi connectivity index (χ2v) is 3.74. The molecule has 0 aromatic heterocycles. The minimum Gasteiger partial charge on any atom is -0.506 e. The smallest absolute Gasteiger partial charge is 0.325 e. The first kappa shape index (κ1) is 13.8. The first-order valence-corrected chi connectivity index (χ1v) is 5.45. The van der Waals surface area contributed by atoms with E-state index in [2.05, 4.69) is 0 Å². The summed E-state index contributed by atoms with van der Waals surface area (Å²) in [6.45, 7) is 1.82. The van der Waals surface area contributed by atoms with Crippen LogP contribution in [0.1, 0.15) is 17.3 Å². The third kappa shape index (κ3) is 3.38. The van der Waals surface area contributed by atoms with Gasteiger partial charge in [-0.05, 0) is 25.1 Å². The minimum absolute atomic E-state index is 0.141. The molecule has 6 nitrogen and oxygen atoms in total. The molecule has 0 unspecified atom stereocenters. The van der Waals surface area contributed by atoms with Crippen molar-refractivity contribution < 1.29 is 19.4 Å². The summed E-state index contributed by atoms with van der Waals surface area (Å²) in [5.41, 5.74) is 5.89. The van der Waals surface area contributed by atoms with Crippen LogP contribution in [-0.2, 0) is 9.53 Å². The maximum Gasteiger partial charge on any atom is 0.325 e. The normalized spacial score (nSPS) is 9.89. The molecular formula is C12H16N2O4. The van der Waals surface area contributed by atoms with Gasteiger partial charge in [-0.15, -0.1) is 0 Å². The van der Waals surface area contributed by atoms with E-state index in [9.17, 15) is 14.7 Å². The molecule has 0 atom stereocenters. The standard InChI is InChI=1S/C12H16N2O4/c1-3-18-11(16)7-14(2)12(17)8-4-5-9(13)10(15)6-8/h4-6,15H,3,7,13H2,1-2H3. The summed E-state index contributed by atoms with van der Waals surface area (Å²) in [4.78, 5) is 24.4. The number of likely N-dealkylation sites (N-methyl/N-ethyl adjacent to an activating group) is 1. The number of phenols is 1. The Morgan fingerprint density at radius 1 is 1.44 bits per heavy atom. The van der Waals surface area contributed by atoms with E-state index in [1.54, 1.807) is 6.92 Å². The second kappa shape index (κ2) is 5.90. The molecule has 0 radical (unpaired) electrons. The van der Waals surface area contributed by atoms with Crippen molar-refractivity contribution in [3.05, 3.63) is 23.8 Å². The maximum absolute atomic E-state index is 11.9. The fourth-order valence-electron chi connectivity index (χ4n) is 1.37. The Kier molecular flexibility index (Phi) is 4.53. The van der Waals surface area contributed by atoms with Gasteiger partial charge in [0.05, 0.1) is 12.3 Å². The number of carbonyl (C=O) groups is 2. The molecule has 1 amide bonds. The number of carbonyl (C=O) groups excluding carboxylic acids is 2. The van der Waals surface area contributed by atoms with Gasteiger partial charge in [0, 0.05) is 12.6 Å². The van der Waals surface area contributed by atoms with E-state index in [1.807, 2.05) is 0 Å². The number of nitrogen functional groups attached to an aromatic ring is 1. The number of amides is 1. The van der Waals surface area contributed by atoms with Crippen LogP contribution in [0.25, 0.3) is 0 Å². The highest BCUT2D eigenvalue weighted by atomic mass is 16.5. The quantitative estimate of drug-likeness (QED) is 0.465. The number of phenolic OH excluding ortho intramolecular Hbond substituents is 1. The number of aromatic hydroxyl groups is 1. The van der Waals surface area contributed by atoms with Gasteiger partial charge in [-0.2, -0.15) is 0 Å². The van der Waals surface area contributed by atoms with Gasteiger partial charge < -0.3 is 20.5 Å². The third-order valence-corrected chi connectivity index (χ3v) is 2.30. The Balaban J connectivity index is 2.74. The van der Waals surface area contributed by atoms with Crippen molar-refractivity contribution in [3.63, 3.8) is 0 Å². The van der Waals surface area contributed by atoms with Crippen molar-refractivity contribution in [1.82, 2.24) is 4.90 Å².